The van der Waals surface area contributed by atoms with Crippen LogP contribution in [-0.4, -0.2) is 13.4 Å². The van der Waals surface area contributed by atoms with Crippen LogP contribution >= 0.6 is 15.9 Å². The normalized spacial score (nSPS) is 11.4. The van der Waals surface area contributed by atoms with E-state index in [2.05, 4.69) is 20.9 Å². The molecule has 0 unspecified atom stereocenters. The van der Waals surface area contributed by atoms with Gasteiger partial charge in [0, 0.05) is 16.9 Å². The first kappa shape index (κ1) is 12.3. The van der Waals surface area contributed by atoms with Crippen molar-refractivity contribution in [1.82, 2.24) is 4.98 Å². The van der Waals surface area contributed by atoms with Crippen molar-refractivity contribution in [2.24, 2.45) is 0 Å². The first-order valence-electron chi connectivity index (χ1n) is 4.95. The number of pyridine rings is 1. The summed E-state index contributed by atoms with van der Waals surface area (Å²) < 4.78 is 24.8. The second kappa shape index (κ2) is 4.98. The summed E-state index contributed by atoms with van der Waals surface area (Å²) >= 11 is 3.21. The molecule has 0 aliphatic carbocycles. The van der Waals surface area contributed by atoms with Gasteiger partial charge in [-0.25, -0.2) is 8.42 Å². The summed E-state index contributed by atoms with van der Waals surface area (Å²) in [5.41, 5.74) is 0.771. The number of hydrogen-bond donors (Lipinski definition) is 0. The first-order valence-corrected chi connectivity index (χ1v) is 7.40. The minimum atomic E-state index is -3.33. The van der Waals surface area contributed by atoms with Gasteiger partial charge in [-0.05, 0) is 27.6 Å². The lowest BCUT2D eigenvalue weighted by atomic mass is 10.2. The van der Waals surface area contributed by atoms with Crippen LogP contribution in [0.25, 0.3) is 0 Å². The highest BCUT2D eigenvalue weighted by atomic mass is 79.9. The van der Waals surface area contributed by atoms with Crippen LogP contribution in [0.5, 0.6) is 0 Å². The third-order valence-corrected chi connectivity index (χ3v) is 4.33. The largest absolute Gasteiger partial charge is 0.262 e. The van der Waals surface area contributed by atoms with Crippen molar-refractivity contribution in [3.63, 3.8) is 0 Å². The Hall–Kier alpha value is -1.20. The molecule has 0 fully saturated rings. The van der Waals surface area contributed by atoms with Crippen LogP contribution < -0.4 is 0 Å². The zero-order chi connectivity index (χ0) is 12.3. The van der Waals surface area contributed by atoms with Crippen LogP contribution in [0.1, 0.15) is 5.56 Å². The smallest absolute Gasteiger partial charge is 0.184 e. The number of rotatable bonds is 3. The fourth-order valence-corrected chi connectivity index (χ4v) is 3.28. The molecule has 0 radical (unpaired) electrons. The molecular formula is C12H10BrNO2S. The summed E-state index contributed by atoms with van der Waals surface area (Å²) in [5.74, 6) is -0.00796. The molecule has 1 aromatic carbocycles. The van der Waals surface area contributed by atoms with Crippen molar-refractivity contribution in [1.29, 1.82) is 0 Å². The summed E-state index contributed by atoms with van der Waals surface area (Å²) in [6.45, 7) is 0. The van der Waals surface area contributed by atoms with Crippen molar-refractivity contribution in [2.75, 3.05) is 0 Å². The van der Waals surface area contributed by atoms with E-state index >= 15 is 0 Å². The number of aromatic nitrogens is 1. The van der Waals surface area contributed by atoms with Crippen LogP contribution in [0.15, 0.2) is 58.2 Å². The van der Waals surface area contributed by atoms with E-state index in [1.165, 1.54) is 6.20 Å². The van der Waals surface area contributed by atoms with Crippen molar-refractivity contribution in [3.05, 3.63) is 58.8 Å². The van der Waals surface area contributed by atoms with Gasteiger partial charge in [-0.1, -0.05) is 30.3 Å². The summed E-state index contributed by atoms with van der Waals surface area (Å²) in [6, 6.07) is 10.7. The Bertz CT molecular complexity index is 611. The average molecular weight is 312 g/mol. The molecule has 1 aromatic heterocycles. The molecule has 0 bridgehead atoms. The second-order valence-corrected chi connectivity index (χ2v) is 6.49. The lowest BCUT2D eigenvalue weighted by Crippen LogP contribution is -2.05. The van der Waals surface area contributed by atoms with Gasteiger partial charge in [-0.3, -0.25) is 4.98 Å². The van der Waals surface area contributed by atoms with Crippen molar-refractivity contribution >= 4 is 25.8 Å². The Morgan fingerprint density at radius 1 is 1.12 bits per heavy atom. The lowest BCUT2D eigenvalue weighted by Gasteiger charge is -2.04. The number of halogens is 1. The number of benzene rings is 1. The van der Waals surface area contributed by atoms with Crippen LogP contribution in [-0.2, 0) is 15.6 Å². The molecule has 5 heteroatoms. The minimum Gasteiger partial charge on any atom is -0.262 e. The molecular weight excluding hydrogens is 302 g/mol. The van der Waals surface area contributed by atoms with E-state index in [1.54, 1.807) is 24.4 Å². The van der Waals surface area contributed by atoms with Gasteiger partial charge >= 0.3 is 0 Å². The summed E-state index contributed by atoms with van der Waals surface area (Å²) in [5, 5.41) is 0. The highest BCUT2D eigenvalue weighted by molar-refractivity contribution is 9.10. The predicted molar refractivity (Wildman–Crippen MR) is 69.3 cm³/mol. The first-order chi connectivity index (χ1) is 8.08. The fraction of sp³-hybridized carbons (Fsp3) is 0.0833. The molecule has 2 rings (SSSR count). The van der Waals surface area contributed by atoms with Crippen molar-refractivity contribution in [3.8, 4) is 0 Å². The van der Waals surface area contributed by atoms with E-state index in [-0.39, 0.29) is 10.6 Å². The van der Waals surface area contributed by atoms with Crippen molar-refractivity contribution in [2.45, 2.75) is 10.6 Å². The molecule has 0 saturated heterocycles. The molecule has 0 aliphatic heterocycles. The van der Waals surface area contributed by atoms with Gasteiger partial charge in [0.2, 0.25) is 0 Å². The monoisotopic (exact) mass is 311 g/mol. The summed E-state index contributed by atoms with van der Waals surface area (Å²) in [7, 11) is -3.33. The molecule has 0 saturated carbocycles. The highest BCUT2D eigenvalue weighted by Crippen LogP contribution is 2.18. The molecule has 3 nitrogen and oxygen atoms in total. The Kier molecular flexibility index (Phi) is 3.59. The summed E-state index contributed by atoms with van der Waals surface area (Å²) in [6.07, 6.45) is 2.92. The Morgan fingerprint density at radius 2 is 1.82 bits per heavy atom. The molecule has 0 N–H and O–H groups in total. The number of hydrogen-bond acceptors (Lipinski definition) is 3. The Balaban J connectivity index is 2.32. The van der Waals surface area contributed by atoms with Gasteiger partial charge in [0.1, 0.15) is 0 Å². The molecule has 1 heterocycles. The van der Waals surface area contributed by atoms with Crippen molar-refractivity contribution < 1.29 is 8.42 Å². The van der Waals surface area contributed by atoms with Crippen LogP contribution in [0.3, 0.4) is 0 Å². The topological polar surface area (TPSA) is 47.0 Å². The zero-order valence-corrected chi connectivity index (χ0v) is 11.3. The Morgan fingerprint density at radius 3 is 2.47 bits per heavy atom. The molecule has 0 amide bonds. The van der Waals surface area contributed by atoms with Gasteiger partial charge in [0.25, 0.3) is 0 Å². The molecule has 17 heavy (non-hydrogen) atoms. The van der Waals surface area contributed by atoms with E-state index < -0.39 is 9.84 Å². The van der Waals surface area contributed by atoms with Gasteiger partial charge in [-0.2, -0.15) is 0 Å². The number of nitrogens with zero attached hydrogens (tertiary/aromatic N) is 1. The average Bonchev–Trinajstić information content (AvgIpc) is 2.30. The molecule has 2 aromatic rings. The predicted octanol–water partition coefficient (Wildman–Crippen LogP) is 2.82. The molecule has 0 spiro atoms. The second-order valence-electron chi connectivity index (χ2n) is 3.58. The quantitative estimate of drug-likeness (QED) is 0.875. The lowest BCUT2D eigenvalue weighted by molar-refractivity contribution is 0.595. The maximum absolute atomic E-state index is 12.1. The highest BCUT2D eigenvalue weighted by Gasteiger charge is 2.15. The van der Waals surface area contributed by atoms with Gasteiger partial charge in [-0.15, -0.1) is 0 Å². The number of sulfone groups is 1. The van der Waals surface area contributed by atoms with Crippen LogP contribution in [0.2, 0.25) is 0 Å². The van der Waals surface area contributed by atoms with Crippen LogP contribution in [0.4, 0.5) is 0 Å². The SMILES string of the molecule is O=S(=O)(Cc1ccccc1)c1cncc(Br)c1. The minimum absolute atomic E-state index is 0.00796. The van der Waals surface area contributed by atoms with E-state index in [4.69, 9.17) is 0 Å². The third kappa shape index (κ3) is 3.14. The van der Waals surface area contributed by atoms with E-state index in [1.807, 2.05) is 18.2 Å². The fourth-order valence-electron chi connectivity index (χ4n) is 1.44. The van der Waals surface area contributed by atoms with Gasteiger partial charge < -0.3 is 0 Å². The van der Waals surface area contributed by atoms with Gasteiger partial charge in [0.05, 0.1) is 10.6 Å². The zero-order valence-electron chi connectivity index (χ0n) is 8.88. The van der Waals surface area contributed by atoms with Crippen LogP contribution in [0, 0.1) is 0 Å². The summed E-state index contributed by atoms with van der Waals surface area (Å²) in [4.78, 5) is 4.10. The van der Waals surface area contributed by atoms with E-state index in [0.717, 1.165) is 5.56 Å². The Labute approximate surface area is 109 Å². The molecule has 88 valence electrons. The van der Waals surface area contributed by atoms with Gasteiger partial charge in [0.15, 0.2) is 9.84 Å². The van der Waals surface area contributed by atoms with E-state index in [9.17, 15) is 8.42 Å². The molecule has 0 atom stereocenters. The maximum atomic E-state index is 12.1. The standard InChI is InChI=1S/C12H10BrNO2S/c13-11-6-12(8-14-7-11)17(15,16)9-10-4-2-1-3-5-10/h1-8H,9H2. The molecule has 0 aliphatic rings. The third-order valence-electron chi connectivity index (χ3n) is 2.24. The maximum Gasteiger partial charge on any atom is 0.184 e. The van der Waals surface area contributed by atoms with E-state index in [0.29, 0.717) is 4.47 Å².